The van der Waals surface area contributed by atoms with Gasteiger partial charge in [0, 0.05) is 24.1 Å². The first kappa shape index (κ1) is 22.1. The van der Waals surface area contributed by atoms with Gasteiger partial charge in [0.15, 0.2) is 5.82 Å². The van der Waals surface area contributed by atoms with Gasteiger partial charge in [-0.25, -0.2) is 9.78 Å². The maximum absolute atomic E-state index is 11.7. The number of aromatic amines is 1. The van der Waals surface area contributed by atoms with Crippen LogP contribution in [0.1, 0.15) is 54.2 Å². The molecule has 3 aromatic carbocycles. The number of para-hydroxylation sites is 3. The van der Waals surface area contributed by atoms with Crippen molar-refractivity contribution in [3.05, 3.63) is 111 Å². The largest absolute Gasteiger partial charge is 0.488 e. The highest BCUT2D eigenvalue weighted by Crippen LogP contribution is 2.40. The topological polar surface area (TPSA) is 85.9 Å². The highest BCUT2D eigenvalue weighted by atomic mass is 16.5. The molecule has 0 aliphatic carbocycles. The van der Waals surface area contributed by atoms with Crippen LogP contribution in [0.15, 0.2) is 76.0 Å². The Hall–Kier alpha value is -4.39. The van der Waals surface area contributed by atoms with E-state index in [0.29, 0.717) is 12.4 Å². The molecule has 0 saturated carbocycles. The van der Waals surface area contributed by atoms with E-state index < -0.39 is 5.76 Å². The zero-order valence-corrected chi connectivity index (χ0v) is 20.2. The minimum atomic E-state index is -0.575. The molecule has 0 unspecified atom stereocenters. The molecule has 7 heteroatoms. The Bertz CT molecular complexity index is 1670. The summed E-state index contributed by atoms with van der Waals surface area (Å²) in [4.78, 5) is 19.2. The van der Waals surface area contributed by atoms with Crippen molar-refractivity contribution in [1.82, 2.24) is 19.7 Å². The van der Waals surface area contributed by atoms with Gasteiger partial charge in [-0.2, -0.15) is 0 Å². The van der Waals surface area contributed by atoms with Crippen molar-refractivity contribution in [2.24, 2.45) is 0 Å². The summed E-state index contributed by atoms with van der Waals surface area (Å²) < 4.78 is 13.4. The van der Waals surface area contributed by atoms with Gasteiger partial charge in [0.05, 0.1) is 11.0 Å². The normalized spacial score (nSPS) is 14.2. The number of nitrogens with zero attached hydrogens (tertiary/aromatic N) is 3. The van der Waals surface area contributed by atoms with Crippen molar-refractivity contribution in [2.75, 3.05) is 0 Å². The highest BCUT2D eigenvalue weighted by molar-refractivity contribution is 5.99. The van der Waals surface area contributed by atoms with Crippen LogP contribution in [0.3, 0.4) is 0 Å². The Morgan fingerprint density at radius 1 is 1.06 bits per heavy atom. The molecule has 180 valence electrons. The van der Waals surface area contributed by atoms with Crippen LogP contribution >= 0.6 is 0 Å². The molecule has 0 amide bonds. The summed E-state index contributed by atoms with van der Waals surface area (Å²) >= 11 is 0. The molecule has 0 spiro atoms. The molecule has 3 heterocycles. The summed E-state index contributed by atoms with van der Waals surface area (Å²) in [5.41, 5.74) is 8.21. The Labute approximate surface area is 208 Å². The summed E-state index contributed by atoms with van der Waals surface area (Å²) in [7, 11) is 0. The van der Waals surface area contributed by atoms with Gasteiger partial charge in [0.25, 0.3) is 0 Å². The average molecular weight is 479 g/mol. The van der Waals surface area contributed by atoms with Crippen molar-refractivity contribution in [3.63, 3.8) is 0 Å². The van der Waals surface area contributed by atoms with E-state index in [-0.39, 0.29) is 0 Å². The average Bonchev–Trinajstić information content (AvgIpc) is 3.43. The molecule has 0 fully saturated rings. The molecule has 2 aromatic heterocycles. The van der Waals surface area contributed by atoms with Crippen LogP contribution in [0.4, 0.5) is 0 Å². The number of hydrogen-bond donors (Lipinski definition) is 1. The number of allylic oxidation sites excluding steroid dienone is 1. The van der Waals surface area contributed by atoms with Crippen LogP contribution in [0.5, 0.6) is 5.75 Å². The molecular weight excluding hydrogens is 452 g/mol. The number of ether oxygens (including phenoxy) is 1. The lowest BCUT2D eigenvalue weighted by atomic mass is 9.89. The van der Waals surface area contributed by atoms with E-state index in [1.165, 1.54) is 5.56 Å². The van der Waals surface area contributed by atoms with E-state index in [0.717, 1.165) is 69.8 Å². The lowest BCUT2D eigenvalue weighted by Gasteiger charge is -2.15. The molecule has 7 nitrogen and oxygen atoms in total. The fraction of sp³-hybridized carbons (Fsp3) is 0.207. The Kier molecular flexibility index (Phi) is 5.52. The van der Waals surface area contributed by atoms with Crippen molar-refractivity contribution < 1.29 is 9.26 Å². The summed E-state index contributed by atoms with van der Waals surface area (Å²) in [6.07, 6.45) is 1.97. The molecule has 0 bridgehead atoms. The fourth-order valence-corrected chi connectivity index (χ4v) is 5.02. The third-order valence-corrected chi connectivity index (χ3v) is 6.70. The first-order valence-corrected chi connectivity index (χ1v) is 12.2. The smallest absolute Gasteiger partial charge is 0.439 e. The number of aryl methyl sites for hydroxylation is 1. The van der Waals surface area contributed by atoms with E-state index in [1.54, 1.807) is 0 Å². The monoisotopic (exact) mass is 478 g/mol. The highest BCUT2D eigenvalue weighted by Gasteiger charge is 2.23. The molecule has 0 atom stereocenters. The number of rotatable bonds is 5. The summed E-state index contributed by atoms with van der Waals surface area (Å²) in [6, 6.07) is 22.8. The molecule has 0 radical (unpaired) electrons. The second-order valence-electron chi connectivity index (χ2n) is 9.07. The van der Waals surface area contributed by atoms with Crippen molar-refractivity contribution in [2.45, 2.75) is 39.8 Å². The molecule has 1 aliphatic heterocycles. The van der Waals surface area contributed by atoms with Crippen LogP contribution in [0.2, 0.25) is 0 Å². The van der Waals surface area contributed by atoms with Gasteiger partial charge in [-0.3, -0.25) is 9.51 Å². The minimum absolute atomic E-state index is 0.413. The van der Waals surface area contributed by atoms with Crippen LogP contribution in [-0.2, 0) is 19.6 Å². The number of benzene rings is 3. The predicted octanol–water partition coefficient (Wildman–Crippen LogP) is 5.58. The van der Waals surface area contributed by atoms with Crippen molar-refractivity contribution in [1.29, 1.82) is 0 Å². The first-order chi connectivity index (χ1) is 17.6. The number of aromatic nitrogens is 4. The molecule has 36 heavy (non-hydrogen) atoms. The number of imidazole rings is 1. The van der Waals surface area contributed by atoms with Gasteiger partial charge in [-0.05, 0) is 59.9 Å². The van der Waals surface area contributed by atoms with Gasteiger partial charge >= 0.3 is 5.76 Å². The molecule has 5 aromatic rings. The molecule has 1 aliphatic rings. The fourth-order valence-electron chi connectivity index (χ4n) is 5.02. The van der Waals surface area contributed by atoms with E-state index in [2.05, 4.69) is 58.0 Å². The first-order valence-electron chi connectivity index (χ1n) is 12.2. The summed E-state index contributed by atoms with van der Waals surface area (Å²) in [5.74, 6) is 1.73. The van der Waals surface area contributed by atoms with Crippen LogP contribution < -0.4 is 10.5 Å². The number of H-pyrrole nitrogens is 1. The van der Waals surface area contributed by atoms with E-state index in [4.69, 9.17) is 14.2 Å². The number of nitrogens with one attached hydrogen (secondary N) is 1. The van der Waals surface area contributed by atoms with Gasteiger partial charge in [0.1, 0.15) is 18.2 Å². The second kappa shape index (κ2) is 9.00. The zero-order valence-electron chi connectivity index (χ0n) is 20.2. The molecule has 1 N–H and O–H groups in total. The van der Waals surface area contributed by atoms with Gasteiger partial charge < -0.3 is 9.30 Å². The van der Waals surface area contributed by atoms with Crippen LogP contribution in [0, 0.1) is 0 Å². The second-order valence-corrected chi connectivity index (χ2v) is 9.07. The Morgan fingerprint density at radius 2 is 1.89 bits per heavy atom. The number of hydrogen-bond acceptors (Lipinski definition) is 5. The summed E-state index contributed by atoms with van der Waals surface area (Å²) in [6.45, 7) is 5.29. The lowest BCUT2D eigenvalue weighted by Crippen LogP contribution is -2.07. The molecular formula is C29H26N4O3. The third-order valence-electron chi connectivity index (χ3n) is 6.70. The van der Waals surface area contributed by atoms with Crippen molar-refractivity contribution >= 4 is 22.2 Å². The maximum Gasteiger partial charge on any atom is 0.439 e. The molecule has 0 saturated heterocycles. The SMILES string of the molecule is CCCc1nc2ccccc2n1Cc1ccc2c(c1)COc1ccccc1C2=C(C)c1noc(=O)[nH]1. The van der Waals surface area contributed by atoms with E-state index in [1.807, 2.05) is 37.3 Å². The Morgan fingerprint density at radius 3 is 2.72 bits per heavy atom. The standard InChI is InChI=1S/C29H26N4O3/c1-3-8-26-30-23-10-5-6-11-24(23)33(26)16-19-13-14-21-20(15-19)17-35-25-12-7-4-9-22(25)27(21)18(2)28-31-29(34)36-32-28/h4-7,9-15H,3,8,16-17H2,1-2H3,(H,31,32,34). The maximum atomic E-state index is 11.7. The van der Waals surface area contributed by atoms with Crippen LogP contribution in [0.25, 0.3) is 22.2 Å². The van der Waals surface area contributed by atoms with Gasteiger partial charge in [-0.15, -0.1) is 0 Å². The minimum Gasteiger partial charge on any atom is -0.488 e. The summed E-state index contributed by atoms with van der Waals surface area (Å²) in [5, 5.41) is 3.94. The number of fused-ring (bicyclic) bond motifs is 3. The lowest BCUT2D eigenvalue weighted by molar-refractivity contribution is 0.307. The van der Waals surface area contributed by atoms with Crippen molar-refractivity contribution in [3.8, 4) is 5.75 Å². The predicted molar refractivity (Wildman–Crippen MR) is 139 cm³/mol. The third kappa shape index (κ3) is 3.82. The van der Waals surface area contributed by atoms with Gasteiger partial charge in [-0.1, -0.05) is 54.5 Å². The van der Waals surface area contributed by atoms with Crippen LogP contribution in [-0.4, -0.2) is 19.7 Å². The quantitative estimate of drug-likeness (QED) is 0.356. The molecule has 6 rings (SSSR count). The zero-order chi connectivity index (χ0) is 24.6. The van der Waals surface area contributed by atoms with E-state index >= 15 is 0 Å². The van der Waals surface area contributed by atoms with Gasteiger partial charge in [0.2, 0.25) is 0 Å². The Balaban J connectivity index is 1.47. The van der Waals surface area contributed by atoms with E-state index in [9.17, 15) is 4.79 Å².